The fourth-order valence-electron chi connectivity index (χ4n) is 3.51. The van der Waals surface area contributed by atoms with Gasteiger partial charge in [-0.1, -0.05) is 44.0 Å². The predicted octanol–water partition coefficient (Wildman–Crippen LogP) is 6.10. The van der Waals surface area contributed by atoms with E-state index in [1.165, 1.54) is 16.3 Å². The van der Waals surface area contributed by atoms with Crippen molar-refractivity contribution in [3.8, 4) is 0 Å². The van der Waals surface area contributed by atoms with E-state index in [0.717, 1.165) is 25.7 Å². The average Bonchev–Trinajstić information content (AvgIpc) is 2.92. The topological polar surface area (TPSA) is 37.2 Å². The van der Waals surface area contributed by atoms with Crippen molar-refractivity contribution in [1.82, 2.24) is 4.57 Å². The molecule has 1 aromatic heterocycles. The van der Waals surface area contributed by atoms with Gasteiger partial charge in [-0.3, -0.25) is 0 Å². The minimum absolute atomic E-state index is 0.498. The fraction of sp³-hybridized carbons (Fsp3) is 0.182. The van der Waals surface area contributed by atoms with Gasteiger partial charge in [0.1, 0.15) is 0 Å². The molecule has 0 amide bonds. The number of aryl methyl sites for hydroxylation is 1. The van der Waals surface area contributed by atoms with Crippen LogP contribution in [0.3, 0.4) is 0 Å². The number of hydrogen-bond acceptors (Lipinski definition) is 2. The van der Waals surface area contributed by atoms with Crippen LogP contribution in [0.2, 0.25) is 0 Å². The quantitative estimate of drug-likeness (QED) is 0.356. The van der Waals surface area contributed by atoms with Crippen molar-refractivity contribution in [3.05, 3.63) is 75.2 Å². The largest absolute Gasteiger partial charge is 0.389 e. The number of nitrogens with one attached hydrogen (secondary N) is 1. The van der Waals surface area contributed by atoms with Crippen LogP contribution >= 0.6 is 31.9 Å². The van der Waals surface area contributed by atoms with Crippen molar-refractivity contribution in [2.24, 2.45) is 0 Å². The van der Waals surface area contributed by atoms with Crippen molar-refractivity contribution in [3.63, 3.8) is 0 Å². The average molecular weight is 488 g/mol. The van der Waals surface area contributed by atoms with Crippen molar-refractivity contribution < 1.29 is 5.11 Å². The molecular formula is C22H20Br2N2O. The van der Waals surface area contributed by atoms with E-state index in [1.807, 2.05) is 24.3 Å². The van der Waals surface area contributed by atoms with Crippen molar-refractivity contribution >= 4 is 59.4 Å². The molecule has 2 N–H and O–H groups in total. The van der Waals surface area contributed by atoms with Crippen LogP contribution in [-0.2, 0) is 6.54 Å². The molecule has 0 radical (unpaired) electrons. The maximum Gasteiger partial charge on any atom is 0.0891 e. The molecule has 27 heavy (non-hydrogen) atoms. The molecule has 0 aliphatic heterocycles. The molecule has 5 heteroatoms. The van der Waals surface area contributed by atoms with E-state index in [0.29, 0.717) is 13.1 Å². The number of nitrogens with zero attached hydrogens (tertiary/aromatic N) is 1. The zero-order valence-corrected chi connectivity index (χ0v) is 18.1. The minimum atomic E-state index is -0.503. The van der Waals surface area contributed by atoms with Crippen LogP contribution in [0.1, 0.15) is 5.56 Å². The lowest BCUT2D eigenvalue weighted by Gasteiger charge is -2.16. The van der Waals surface area contributed by atoms with E-state index in [9.17, 15) is 5.11 Å². The molecule has 0 saturated heterocycles. The first-order chi connectivity index (χ1) is 13.0. The maximum atomic E-state index is 10.7. The first-order valence-corrected chi connectivity index (χ1v) is 10.5. The van der Waals surface area contributed by atoms with E-state index in [1.54, 1.807) is 0 Å². The molecule has 1 atom stereocenters. The summed E-state index contributed by atoms with van der Waals surface area (Å²) in [7, 11) is 0. The SMILES string of the molecule is Cc1cccc(NC[C@@H](O)Cn2c3ccc(Br)cc3c3cc(Br)ccc32)c1. The molecule has 3 nitrogen and oxygen atoms in total. The summed E-state index contributed by atoms with van der Waals surface area (Å²) < 4.78 is 4.30. The molecule has 3 aromatic carbocycles. The van der Waals surface area contributed by atoms with Crippen molar-refractivity contribution in [1.29, 1.82) is 0 Å². The Labute approximate surface area is 175 Å². The smallest absolute Gasteiger partial charge is 0.0891 e. The monoisotopic (exact) mass is 486 g/mol. The Morgan fingerprint density at radius 1 is 0.926 bits per heavy atom. The molecule has 0 spiro atoms. The van der Waals surface area contributed by atoms with Gasteiger partial charge >= 0.3 is 0 Å². The molecule has 4 rings (SSSR count). The number of fused-ring (bicyclic) bond motifs is 3. The van der Waals surface area contributed by atoms with Gasteiger partial charge in [-0.2, -0.15) is 0 Å². The second-order valence-corrected chi connectivity index (χ2v) is 8.67. The van der Waals surface area contributed by atoms with Crippen LogP contribution < -0.4 is 5.32 Å². The number of halogens is 2. The van der Waals surface area contributed by atoms with Crippen LogP contribution in [0.15, 0.2) is 69.6 Å². The van der Waals surface area contributed by atoms with E-state index in [-0.39, 0.29) is 0 Å². The Morgan fingerprint density at radius 2 is 1.56 bits per heavy atom. The summed E-state index contributed by atoms with van der Waals surface area (Å²) >= 11 is 7.15. The molecule has 0 bridgehead atoms. The lowest BCUT2D eigenvalue weighted by molar-refractivity contribution is 0.169. The molecule has 0 aliphatic rings. The highest BCUT2D eigenvalue weighted by atomic mass is 79.9. The van der Waals surface area contributed by atoms with Crippen LogP contribution in [0.4, 0.5) is 5.69 Å². The van der Waals surface area contributed by atoms with Crippen LogP contribution in [-0.4, -0.2) is 22.3 Å². The summed E-state index contributed by atoms with van der Waals surface area (Å²) in [5.41, 5.74) is 4.49. The van der Waals surface area contributed by atoms with Gasteiger partial charge in [0.05, 0.1) is 12.6 Å². The van der Waals surface area contributed by atoms with Gasteiger partial charge in [-0.15, -0.1) is 0 Å². The van der Waals surface area contributed by atoms with Crippen LogP contribution in [0.5, 0.6) is 0 Å². The number of benzene rings is 3. The van der Waals surface area contributed by atoms with Crippen LogP contribution in [0, 0.1) is 6.92 Å². The van der Waals surface area contributed by atoms with Crippen LogP contribution in [0.25, 0.3) is 21.8 Å². The molecule has 0 aliphatic carbocycles. The lowest BCUT2D eigenvalue weighted by atomic mass is 10.2. The Balaban J connectivity index is 1.64. The summed E-state index contributed by atoms with van der Waals surface area (Å²) in [5, 5.41) is 16.4. The summed E-state index contributed by atoms with van der Waals surface area (Å²) in [6.45, 7) is 3.09. The normalized spacial score (nSPS) is 12.6. The molecule has 4 aromatic rings. The minimum Gasteiger partial charge on any atom is -0.389 e. The van der Waals surface area contributed by atoms with Gasteiger partial charge in [0.25, 0.3) is 0 Å². The summed E-state index contributed by atoms with van der Waals surface area (Å²) in [4.78, 5) is 0. The van der Waals surface area contributed by atoms with Gasteiger partial charge in [-0.05, 0) is 61.0 Å². The standard InChI is InChI=1S/C22H20Br2N2O/c1-14-3-2-4-17(9-14)25-12-18(27)13-26-21-7-5-15(23)10-19(21)20-11-16(24)6-8-22(20)26/h2-11,18,25,27H,12-13H2,1H3/t18-/m1/s1. The maximum absolute atomic E-state index is 10.7. The number of rotatable bonds is 5. The predicted molar refractivity (Wildman–Crippen MR) is 121 cm³/mol. The fourth-order valence-corrected chi connectivity index (χ4v) is 4.23. The molecule has 138 valence electrons. The number of aliphatic hydroxyl groups excluding tert-OH is 1. The Morgan fingerprint density at radius 3 is 2.15 bits per heavy atom. The van der Waals surface area contributed by atoms with Gasteiger partial charge < -0.3 is 15.0 Å². The van der Waals surface area contributed by atoms with E-state index in [4.69, 9.17) is 0 Å². The Hall–Kier alpha value is -1.82. The summed E-state index contributed by atoms with van der Waals surface area (Å²) in [6, 6.07) is 20.8. The second kappa shape index (κ2) is 7.66. The highest BCUT2D eigenvalue weighted by Crippen LogP contribution is 2.33. The molecular weight excluding hydrogens is 468 g/mol. The highest BCUT2D eigenvalue weighted by Gasteiger charge is 2.14. The van der Waals surface area contributed by atoms with Crippen molar-refractivity contribution in [2.45, 2.75) is 19.6 Å². The van der Waals surface area contributed by atoms with Gasteiger partial charge in [0.15, 0.2) is 0 Å². The third kappa shape index (κ3) is 3.91. The van der Waals surface area contributed by atoms with E-state index >= 15 is 0 Å². The molecule has 1 heterocycles. The molecule has 0 unspecified atom stereocenters. The van der Waals surface area contributed by atoms with Crippen molar-refractivity contribution in [2.75, 3.05) is 11.9 Å². The third-order valence-corrected chi connectivity index (χ3v) is 5.73. The van der Waals surface area contributed by atoms with E-state index in [2.05, 4.69) is 85.1 Å². The first-order valence-electron chi connectivity index (χ1n) is 8.87. The third-order valence-electron chi connectivity index (χ3n) is 4.74. The van der Waals surface area contributed by atoms with Gasteiger partial charge in [0.2, 0.25) is 0 Å². The summed E-state index contributed by atoms with van der Waals surface area (Å²) in [6.07, 6.45) is -0.503. The number of aromatic nitrogens is 1. The highest BCUT2D eigenvalue weighted by molar-refractivity contribution is 9.10. The first kappa shape index (κ1) is 18.5. The Bertz CT molecular complexity index is 1060. The second-order valence-electron chi connectivity index (χ2n) is 6.84. The zero-order valence-electron chi connectivity index (χ0n) is 14.9. The lowest BCUT2D eigenvalue weighted by Crippen LogP contribution is -2.24. The summed E-state index contributed by atoms with van der Waals surface area (Å²) in [5.74, 6) is 0. The number of hydrogen-bond donors (Lipinski definition) is 2. The van der Waals surface area contributed by atoms with Gasteiger partial charge in [-0.25, -0.2) is 0 Å². The van der Waals surface area contributed by atoms with Gasteiger partial charge in [0, 0.05) is 43.0 Å². The Kier molecular flexibility index (Phi) is 5.26. The van der Waals surface area contributed by atoms with E-state index < -0.39 is 6.10 Å². The molecule has 0 saturated carbocycles. The zero-order chi connectivity index (χ0) is 19.0. The number of anilines is 1. The molecule has 0 fully saturated rings. The number of aliphatic hydroxyl groups is 1.